The lowest BCUT2D eigenvalue weighted by atomic mass is 10.1. The summed E-state index contributed by atoms with van der Waals surface area (Å²) in [4.78, 5) is 31.7. The van der Waals surface area contributed by atoms with Gasteiger partial charge in [-0.25, -0.2) is 4.98 Å². The smallest absolute Gasteiger partial charge is 0.266 e. The van der Waals surface area contributed by atoms with E-state index in [-0.39, 0.29) is 23.2 Å². The lowest BCUT2D eigenvalue weighted by Crippen LogP contribution is -2.22. The first-order valence-electron chi connectivity index (χ1n) is 12.4. The Labute approximate surface area is 215 Å². The zero-order valence-corrected chi connectivity index (χ0v) is 22.0. The number of hydrogen-bond donors (Lipinski definition) is 0. The van der Waals surface area contributed by atoms with Gasteiger partial charge in [-0.15, -0.1) is 0 Å². The van der Waals surface area contributed by atoms with Crippen molar-refractivity contribution in [2.45, 2.75) is 58.3 Å². The highest BCUT2D eigenvalue weighted by Crippen LogP contribution is 2.26. The van der Waals surface area contributed by atoms with Gasteiger partial charge in [-0.05, 0) is 82.0 Å². The van der Waals surface area contributed by atoms with Crippen molar-refractivity contribution >= 4 is 28.4 Å². The van der Waals surface area contributed by atoms with Crippen LogP contribution in [0.15, 0.2) is 58.5 Å². The highest BCUT2D eigenvalue weighted by Gasteiger charge is 2.22. The SMILES string of the molecule is Cc1ccc(-n2c(SCC(=O)c3cc(C)n(CC4CCCO4)c3C)nc3ccccc3c2=O)cc1C. The van der Waals surface area contributed by atoms with E-state index in [2.05, 4.69) is 4.57 Å². The van der Waals surface area contributed by atoms with E-state index in [4.69, 9.17) is 9.72 Å². The molecule has 6 nitrogen and oxygen atoms in total. The first-order chi connectivity index (χ1) is 17.3. The Bertz CT molecular complexity index is 1510. The number of aromatic nitrogens is 3. The second-order valence-corrected chi connectivity index (χ2v) is 10.5. The Hall–Kier alpha value is -3.16. The van der Waals surface area contributed by atoms with Gasteiger partial charge in [-0.3, -0.25) is 14.2 Å². The molecule has 0 N–H and O–H groups in total. The van der Waals surface area contributed by atoms with Crippen molar-refractivity contribution in [1.29, 1.82) is 0 Å². The minimum atomic E-state index is -0.131. The highest BCUT2D eigenvalue weighted by molar-refractivity contribution is 7.99. The molecule has 1 fully saturated rings. The van der Waals surface area contributed by atoms with Gasteiger partial charge in [0, 0.05) is 30.1 Å². The van der Waals surface area contributed by atoms with Crippen LogP contribution in [-0.4, -0.2) is 38.4 Å². The van der Waals surface area contributed by atoms with Crippen LogP contribution in [0.3, 0.4) is 0 Å². The molecule has 0 spiro atoms. The molecule has 1 atom stereocenters. The van der Waals surface area contributed by atoms with E-state index >= 15 is 0 Å². The maximum absolute atomic E-state index is 13.5. The van der Waals surface area contributed by atoms with Crippen molar-refractivity contribution < 1.29 is 9.53 Å². The molecule has 3 heterocycles. The molecule has 7 heteroatoms. The summed E-state index contributed by atoms with van der Waals surface area (Å²) in [5.74, 6) is 0.223. The predicted molar refractivity (Wildman–Crippen MR) is 145 cm³/mol. The Morgan fingerprint density at radius 3 is 2.64 bits per heavy atom. The fourth-order valence-corrected chi connectivity index (χ4v) is 5.76. The molecule has 1 saturated heterocycles. The number of fused-ring (bicyclic) bond motifs is 1. The van der Waals surface area contributed by atoms with Crippen LogP contribution in [0.5, 0.6) is 0 Å². The summed E-state index contributed by atoms with van der Waals surface area (Å²) < 4.78 is 9.63. The highest BCUT2D eigenvalue weighted by atomic mass is 32.2. The molecule has 2 aromatic carbocycles. The Morgan fingerprint density at radius 2 is 1.89 bits per heavy atom. The average molecular weight is 502 g/mol. The minimum Gasteiger partial charge on any atom is -0.376 e. The van der Waals surface area contributed by atoms with Crippen molar-refractivity contribution in [2.75, 3.05) is 12.4 Å². The average Bonchev–Trinajstić information content (AvgIpc) is 3.48. The second kappa shape index (κ2) is 10.1. The van der Waals surface area contributed by atoms with Gasteiger partial charge in [0.15, 0.2) is 10.9 Å². The van der Waals surface area contributed by atoms with E-state index in [0.717, 1.165) is 59.8 Å². The van der Waals surface area contributed by atoms with Crippen LogP contribution in [0, 0.1) is 27.7 Å². The van der Waals surface area contributed by atoms with Crippen LogP contribution in [0.2, 0.25) is 0 Å². The molecule has 1 unspecified atom stereocenters. The third-order valence-corrected chi connectivity index (χ3v) is 8.05. The van der Waals surface area contributed by atoms with Gasteiger partial charge in [0.2, 0.25) is 0 Å². The number of ether oxygens (including phenoxy) is 1. The molecular formula is C29H31N3O3S. The van der Waals surface area contributed by atoms with E-state index in [1.807, 2.05) is 70.2 Å². The zero-order chi connectivity index (χ0) is 25.4. The number of para-hydroxylation sites is 1. The number of aryl methyl sites for hydroxylation is 3. The predicted octanol–water partition coefficient (Wildman–Crippen LogP) is 5.57. The van der Waals surface area contributed by atoms with Gasteiger partial charge in [0.25, 0.3) is 5.56 Å². The van der Waals surface area contributed by atoms with Gasteiger partial charge in [-0.2, -0.15) is 0 Å². The third-order valence-electron chi connectivity index (χ3n) is 7.11. The monoisotopic (exact) mass is 501 g/mol. The first kappa shape index (κ1) is 24.5. The second-order valence-electron chi connectivity index (χ2n) is 9.56. The number of benzene rings is 2. The molecule has 2 aromatic heterocycles. The van der Waals surface area contributed by atoms with Crippen molar-refractivity contribution in [3.8, 4) is 5.69 Å². The maximum atomic E-state index is 13.5. The van der Waals surface area contributed by atoms with E-state index < -0.39 is 0 Å². The van der Waals surface area contributed by atoms with Gasteiger partial charge in [-0.1, -0.05) is 30.0 Å². The molecule has 1 aliphatic rings. The van der Waals surface area contributed by atoms with E-state index in [1.54, 1.807) is 10.6 Å². The van der Waals surface area contributed by atoms with E-state index in [1.165, 1.54) is 11.8 Å². The van der Waals surface area contributed by atoms with Crippen molar-refractivity contribution in [3.05, 3.63) is 87.0 Å². The first-order valence-corrected chi connectivity index (χ1v) is 13.4. The number of carbonyl (C=O) groups is 1. The number of thioether (sulfide) groups is 1. The molecule has 186 valence electrons. The van der Waals surface area contributed by atoms with Crippen molar-refractivity contribution in [3.63, 3.8) is 0 Å². The summed E-state index contributed by atoms with van der Waals surface area (Å²) in [7, 11) is 0. The van der Waals surface area contributed by atoms with Crippen LogP contribution in [0.4, 0.5) is 0 Å². The van der Waals surface area contributed by atoms with E-state index in [0.29, 0.717) is 16.1 Å². The molecule has 5 rings (SSSR count). The Morgan fingerprint density at radius 1 is 1.08 bits per heavy atom. The molecule has 4 aromatic rings. The standard InChI is InChI=1S/C29H31N3O3S/c1-18-11-12-22(14-19(18)2)32-28(34)24-9-5-6-10-26(24)30-29(32)36-17-27(33)25-15-20(3)31(21(25)4)16-23-8-7-13-35-23/h5-6,9-12,14-15,23H,7-8,13,16-17H2,1-4H3. The molecule has 0 saturated carbocycles. The van der Waals surface area contributed by atoms with Gasteiger partial charge in [0.1, 0.15) is 0 Å². The maximum Gasteiger partial charge on any atom is 0.266 e. The molecule has 36 heavy (non-hydrogen) atoms. The Kier molecular flexibility index (Phi) is 6.86. The summed E-state index contributed by atoms with van der Waals surface area (Å²) in [5.41, 5.74) is 6.26. The quantitative estimate of drug-likeness (QED) is 0.188. The van der Waals surface area contributed by atoms with Crippen LogP contribution < -0.4 is 5.56 Å². The number of rotatable bonds is 7. The lowest BCUT2D eigenvalue weighted by Gasteiger charge is -2.15. The summed E-state index contributed by atoms with van der Waals surface area (Å²) in [5, 5.41) is 1.08. The number of ketones is 1. The lowest BCUT2D eigenvalue weighted by molar-refractivity contribution is 0.0957. The fourth-order valence-electron chi connectivity index (χ4n) is 4.87. The molecule has 0 radical (unpaired) electrons. The van der Waals surface area contributed by atoms with Crippen LogP contribution in [0.25, 0.3) is 16.6 Å². The summed E-state index contributed by atoms with van der Waals surface area (Å²) in [6, 6.07) is 15.3. The van der Waals surface area contributed by atoms with Gasteiger partial charge >= 0.3 is 0 Å². The van der Waals surface area contributed by atoms with Crippen molar-refractivity contribution in [1.82, 2.24) is 14.1 Å². The number of nitrogens with zero attached hydrogens (tertiary/aromatic N) is 3. The fraction of sp³-hybridized carbons (Fsp3) is 0.345. The summed E-state index contributed by atoms with van der Waals surface area (Å²) in [6.45, 7) is 9.70. The topological polar surface area (TPSA) is 66.1 Å². The normalized spacial score (nSPS) is 15.6. The molecular weight excluding hydrogens is 470 g/mol. The van der Waals surface area contributed by atoms with Gasteiger partial charge < -0.3 is 9.30 Å². The summed E-state index contributed by atoms with van der Waals surface area (Å²) in [6.07, 6.45) is 2.36. The third kappa shape index (κ3) is 4.65. The van der Waals surface area contributed by atoms with Gasteiger partial charge in [0.05, 0.1) is 28.4 Å². The molecule has 0 amide bonds. The molecule has 1 aliphatic heterocycles. The number of carbonyl (C=O) groups excluding carboxylic acids is 1. The number of hydrogen-bond acceptors (Lipinski definition) is 5. The van der Waals surface area contributed by atoms with Crippen molar-refractivity contribution in [2.24, 2.45) is 0 Å². The van der Waals surface area contributed by atoms with E-state index in [9.17, 15) is 9.59 Å². The largest absolute Gasteiger partial charge is 0.376 e. The molecule has 0 bridgehead atoms. The van der Waals surface area contributed by atoms with Crippen LogP contribution >= 0.6 is 11.8 Å². The molecule has 0 aliphatic carbocycles. The van der Waals surface area contributed by atoms with Crippen LogP contribution in [0.1, 0.15) is 45.7 Å². The summed E-state index contributed by atoms with van der Waals surface area (Å²) >= 11 is 1.31. The minimum absolute atomic E-state index is 0.0285. The zero-order valence-electron chi connectivity index (χ0n) is 21.2. The Balaban J connectivity index is 1.47. The number of Topliss-reactive ketones (excluding diaryl/α,β-unsaturated/α-hetero) is 1. The van der Waals surface area contributed by atoms with Crippen LogP contribution in [-0.2, 0) is 11.3 Å².